The summed E-state index contributed by atoms with van der Waals surface area (Å²) in [4.78, 5) is 1.47. The maximum absolute atomic E-state index is 6.28. The van der Waals surface area contributed by atoms with Crippen LogP contribution in [0, 0.1) is 0 Å². The summed E-state index contributed by atoms with van der Waals surface area (Å²) < 4.78 is 6.28. The molecule has 0 amide bonds. The van der Waals surface area contributed by atoms with Crippen molar-refractivity contribution in [3.8, 4) is 11.5 Å². The van der Waals surface area contributed by atoms with Crippen LogP contribution in [0.2, 0.25) is 0 Å². The fourth-order valence-corrected chi connectivity index (χ4v) is 6.64. The first-order valence-electron chi connectivity index (χ1n) is 10.1. The van der Waals surface area contributed by atoms with Crippen LogP contribution in [0.3, 0.4) is 0 Å². The van der Waals surface area contributed by atoms with Gasteiger partial charge < -0.3 is 4.74 Å². The van der Waals surface area contributed by atoms with E-state index in [1.54, 1.807) is 0 Å². The van der Waals surface area contributed by atoms with E-state index in [4.69, 9.17) is 4.74 Å². The average molecular weight is 397 g/mol. The van der Waals surface area contributed by atoms with Gasteiger partial charge in [-0.25, -0.2) is 10.9 Å². The predicted molar refractivity (Wildman–Crippen MR) is 123 cm³/mol. The summed E-state index contributed by atoms with van der Waals surface area (Å²) >= 11 is 0. The van der Waals surface area contributed by atoms with Gasteiger partial charge in [0.25, 0.3) is 0 Å². The van der Waals surface area contributed by atoms with Gasteiger partial charge in [0.15, 0.2) is 0 Å². The molecule has 0 aliphatic carbocycles. The van der Waals surface area contributed by atoms with Crippen molar-refractivity contribution < 1.29 is 4.74 Å². The van der Waals surface area contributed by atoms with Crippen molar-refractivity contribution in [2.24, 2.45) is 0 Å². The molecule has 0 spiro atoms. The van der Waals surface area contributed by atoms with E-state index in [2.05, 4.69) is 97.1 Å². The Labute approximate surface area is 175 Å². The fourth-order valence-electron chi connectivity index (χ4n) is 4.02. The van der Waals surface area contributed by atoms with Crippen molar-refractivity contribution in [2.75, 3.05) is 0 Å². The van der Waals surface area contributed by atoms with Gasteiger partial charge >= 0.3 is 0 Å². The van der Waals surface area contributed by atoms with Crippen LogP contribution in [0.4, 0.5) is 0 Å². The number of thiol groups is 1. The molecular formula is C27H24OS. The molecule has 0 unspecified atom stereocenters. The van der Waals surface area contributed by atoms with Gasteiger partial charge in [0, 0.05) is 23.5 Å². The maximum atomic E-state index is 6.28. The quantitative estimate of drug-likeness (QED) is 0.311. The third-order valence-electron chi connectivity index (χ3n) is 5.44. The van der Waals surface area contributed by atoms with Crippen LogP contribution in [0.5, 0.6) is 11.5 Å². The first-order chi connectivity index (χ1) is 14.4. The minimum Gasteiger partial charge on any atom is -0.457 e. The largest absolute Gasteiger partial charge is 0.457 e. The third kappa shape index (κ3) is 3.94. The van der Waals surface area contributed by atoms with Crippen molar-refractivity contribution >= 4 is 10.9 Å². The molecule has 1 aliphatic heterocycles. The number of ether oxygens (including phenoxy) is 1. The highest BCUT2D eigenvalue weighted by Gasteiger charge is 2.22. The molecule has 5 rings (SSSR count). The standard InChI is InChI=1S/C27H24OS/c1-3-10-21(11-4-1)19-29(20-22-12-5-2-6-13-22)27-17-9-16-26-24(27)18-23-14-7-8-15-25(23)28-26/h1-17,29H,18-20H2. The molecule has 0 radical (unpaired) electrons. The van der Waals surface area contributed by atoms with Crippen molar-refractivity contribution in [1.29, 1.82) is 0 Å². The van der Waals surface area contributed by atoms with Gasteiger partial charge in [-0.05, 0) is 39.8 Å². The molecule has 0 aromatic heterocycles. The Morgan fingerprint density at radius 3 is 1.86 bits per heavy atom. The lowest BCUT2D eigenvalue weighted by Gasteiger charge is -2.29. The van der Waals surface area contributed by atoms with Crippen molar-refractivity contribution in [3.63, 3.8) is 0 Å². The third-order valence-corrected chi connectivity index (χ3v) is 8.04. The Hall–Kier alpha value is -2.97. The van der Waals surface area contributed by atoms with Crippen molar-refractivity contribution in [3.05, 3.63) is 125 Å². The minimum absolute atomic E-state index is 0.392. The van der Waals surface area contributed by atoms with Gasteiger partial charge in [-0.2, -0.15) is 0 Å². The SMILES string of the molecule is c1ccc(C[SH](Cc2ccccc2)c2cccc3c2Cc2ccccc2O3)cc1. The first-order valence-corrected chi connectivity index (χ1v) is 11.8. The van der Waals surface area contributed by atoms with Crippen LogP contribution in [-0.2, 0) is 17.9 Å². The Morgan fingerprint density at radius 1 is 0.586 bits per heavy atom. The highest BCUT2D eigenvalue weighted by Crippen LogP contribution is 2.49. The zero-order valence-electron chi connectivity index (χ0n) is 16.3. The molecule has 0 saturated carbocycles. The maximum Gasteiger partial charge on any atom is 0.132 e. The molecular weight excluding hydrogens is 372 g/mol. The van der Waals surface area contributed by atoms with E-state index >= 15 is 0 Å². The Balaban J connectivity index is 1.54. The second-order valence-electron chi connectivity index (χ2n) is 7.47. The minimum atomic E-state index is -0.392. The number of hydrogen-bond donors (Lipinski definition) is 1. The van der Waals surface area contributed by atoms with Gasteiger partial charge in [0.2, 0.25) is 0 Å². The van der Waals surface area contributed by atoms with E-state index in [0.29, 0.717) is 0 Å². The molecule has 1 nitrogen and oxygen atoms in total. The molecule has 1 heterocycles. The summed E-state index contributed by atoms with van der Waals surface area (Å²) in [6.07, 6.45) is 0.949. The lowest BCUT2D eigenvalue weighted by Crippen LogP contribution is -2.06. The highest BCUT2D eigenvalue weighted by molar-refractivity contribution is 8.15. The monoisotopic (exact) mass is 396 g/mol. The van der Waals surface area contributed by atoms with E-state index < -0.39 is 10.9 Å². The Morgan fingerprint density at radius 2 is 1.17 bits per heavy atom. The fraction of sp³-hybridized carbons (Fsp3) is 0.111. The molecule has 2 heteroatoms. The second kappa shape index (κ2) is 8.18. The van der Waals surface area contributed by atoms with Gasteiger partial charge in [0.1, 0.15) is 11.5 Å². The lowest BCUT2D eigenvalue weighted by atomic mass is 10.0. The molecule has 0 atom stereocenters. The smallest absolute Gasteiger partial charge is 0.132 e. The van der Waals surface area contributed by atoms with Gasteiger partial charge in [-0.3, -0.25) is 0 Å². The molecule has 1 aliphatic rings. The average Bonchev–Trinajstić information content (AvgIpc) is 2.78. The molecule has 4 aromatic rings. The van der Waals surface area contributed by atoms with Crippen LogP contribution < -0.4 is 4.74 Å². The molecule has 0 fully saturated rings. The van der Waals surface area contributed by atoms with Gasteiger partial charge in [-0.15, -0.1) is 0 Å². The van der Waals surface area contributed by atoms with Gasteiger partial charge in [-0.1, -0.05) is 84.9 Å². The van der Waals surface area contributed by atoms with E-state index in [1.807, 2.05) is 6.07 Å². The van der Waals surface area contributed by atoms with Crippen LogP contribution in [-0.4, -0.2) is 0 Å². The number of hydrogen-bond acceptors (Lipinski definition) is 1. The number of para-hydroxylation sites is 1. The van der Waals surface area contributed by atoms with E-state index in [0.717, 1.165) is 29.4 Å². The molecule has 144 valence electrons. The second-order valence-corrected chi connectivity index (χ2v) is 9.66. The molecule has 0 saturated heterocycles. The number of rotatable bonds is 5. The predicted octanol–water partition coefficient (Wildman–Crippen LogP) is 7.14. The van der Waals surface area contributed by atoms with Crippen LogP contribution in [0.15, 0.2) is 108 Å². The summed E-state index contributed by atoms with van der Waals surface area (Å²) in [5, 5.41) is 0. The van der Waals surface area contributed by atoms with Gasteiger partial charge in [0.05, 0.1) is 0 Å². The Kier molecular flexibility index (Phi) is 5.10. The molecule has 0 bridgehead atoms. The lowest BCUT2D eigenvalue weighted by molar-refractivity contribution is 0.457. The van der Waals surface area contributed by atoms with Crippen LogP contribution in [0.1, 0.15) is 22.3 Å². The van der Waals surface area contributed by atoms with Crippen LogP contribution >= 0.6 is 10.9 Å². The zero-order chi connectivity index (χ0) is 19.5. The van der Waals surface area contributed by atoms with E-state index in [1.165, 1.54) is 27.1 Å². The summed E-state index contributed by atoms with van der Waals surface area (Å²) in [5.74, 6) is 4.19. The highest BCUT2D eigenvalue weighted by atomic mass is 32.2. The normalized spacial score (nSPS) is 12.5. The Bertz CT molecular complexity index is 1060. The zero-order valence-corrected chi connectivity index (χ0v) is 17.2. The molecule has 4 aromatic carbocycles. The summed E-state index contributed by atoms with van der Waals surface area (Å²) in [6.45, 7) is 0. The summed E-state index contributed by atoms with van der Waals surface area (Å²) in [6, 6.07) is 36.8. The first kappa shape index (κ1) is 18.1. The summed E-state index contributed by atoms with van der Waals surface area (Å²) in [5.41, 5.74) is 5.46. The van der Waals surface area contributed by atoms with Crippen molar-refractivity contribution in [1.82, 2.24) is 0 Å². The number of benzene rings is 4. The van der Waals surface area contributed by atoms with Crippen LogP contribution in [0.25, 0.3) is 0 Å². The molecule has 29 heavy (non-hydrogen) atoms. The topological polar surface area (TPSA) is 9.23 Å². The summed E-state index contributed by atoms with van der Waals surface area (Å²) in [7, 11) is -0.392. The van der Waals surface area contributed by atoms with Crippen molar-refractivity contribution in [2.45, 2.75) is 22.8 Å². The molecule has 0 N–H and O–H groups in total. The van der Waals surface area contributed by atoms with E-state index in [9.17, 15) is 0 Å². The number of fused-ring (bicyclic) bond motifs is 2. The van der Waals surface area contributed by atoms with E-state index in [-0.39, 0.29) is 0 Å².